The van der Waals surface area contributed by atoms with Crippen LogP contribution >= 0.6 is 0 Å². The van der Waals surface area contributed by atoms with Gasteiger partial charge in [-0.3, -0.25) is 0 Å². The molecular weight excluding hydrogens is 126 g/mol. The van der Waals surface area contributed by atoms with Crippen molar-refractivity contribution in [3.63, 3.8) is 0 Å². The third-order valence-electron chi connectivity index (χ3n) is 0.236. The maximum absolute atomic E-state index is 4.66. The molecule has 0 spiro atoms. The molecule has 0 unspecified atom stereocenters. The summed E-state index contributed by atoms with van der Waals surface area (Å²) < 4.78 is 9.31. The van der Waals surface area contributed by atoms with Crippen molar-refractivity contribution in [3.8, 4) is 0 Å². The molecule has 0 saturated carbocycles. The van der Waals surface area contributed by atoms with E-state index in [0.717, 1.165) is 0 Å². The Morgan fingerprint density at radius 2 is 1.60 bits per heavy atom. The summed E-state index contributed by atoms with van der Waals surface area (Å²) in [5.41, 5.74) is 0. The first-order valence-corrected chi connectivity index (χ1v) is 3.82. The summed E-state index contributed by atoms with van der Waals surface area (Å²) in [7, 11) is 3.34. The summed E-state index contributed by atoms with van der Waals surface area (Å²) in [6.45, 7) is 0. The van der Waals surface area contributed by atoms with Crippen molar-refractivity contribution in [2.75, 3.05) is 14.2 Å². The average molecular weight is 133 g/mol. The summed E-state index contributed by atoms with van der Waals surface area (Å²) in [5.74, 6) is 0. The van der Waals surface area contributed by atoms with Crippen LogP contribution in [-0.4, -0.2) is 32.4 Å². The van der Waals surface area contributed by atoms with Crippen LogP contribution in [0.5, 0.6) is 0 Å². The summed E-state index contributed by atoms with van der Waals surface area (Å²) in [4.78, 5) is 0. The molecule has 0 N–H and O–H groups in total. The van der Waals surface area contributed by atoms with Gasteiger partial charge in [-0.1, -0.05) is 0 Å². The Kier molecular flexibility index (Phi) is 5.06. The van der Waals surface area contributed by atoms with Crippen molar-refractivity contribution in [1.29, 1.82) is 0 Å². The molecular formula is C2H7GaO2. The van der Waals surface area contributed by atoms with E-state index in [1.807, 2.05) is 0 Å². The summed E-state index contributed by atoms with van der Waals surface area (Å²) in [6, 6.07) is 0. The van der Waals surface area contributed by atoms with Crippen molar-refractivity contribution in [2.45, 2.75) is 0 Å². The molecule has 0 bridgehead atoms. The van der Waals surface area contributed by atoms with Crippen LogP contribution in [0.25, 0.3) is 0 Å². The van der Waals surface area contributed by atoms with Gasteiger partial charge in [-0.05, 0) is 0 Å². The van der Waals surface area contributed by atoms with E-state index in [9.17, 15) is 0 Å². The van der Waals surface area contributed by atoms with Crippen molar-refractivity contribution >= 4 is 18.1 Å². The van der Waals surface area contributed by atoms with Gasteiger partial charge in [0.2, 0.25) is 0 Å². The molecule has 0 fully saturated rings. The Morgan fingerprint density at radius 3 is 1.60 bits per heavy atom. The third-order valence-corrected chi connectivity index (χ3v) is 1.22. The standard InChI is InChI=1S/2CH3O.Ga.H/c2*1-2;;/h2*1H3;;/q2*-1;+2;. The molecule has 0 amide bonds. The van der Waals surface area contributed by atoms with Crippen LogP contribution in [0.2, 0.25) is 0 Å². The van der Waals surface area contributed by atoms with Crippen LogP contribution < -0.4 is 0 Å². The van der Waals surface area contributed by atoms with Crippen LogP contribution in [0.1, 0.15) is 0 Å². The molecule has 0 aromatic carbocycles. The van der Waals surface area contributed by atoms with E-state index >= 15 is 0 Å². The summed E-state index contributed by atoms with van der Waals surface area (Å²) in [6.07, 6.45) is 0. The molecule has 0 saturated heterocycles. The van der Waals surface area contributed by atoms with E-state index in [1.54, 1.807) is 14.2 Å². The molecule has 0 aliphatic carbocycles. The van der Waals surface area contributed by atoms with Crippen LogP contribution in [0.15, 0.2) is 0 Å². The van der Waals surface area contributed by atoms with E-state index in [2.05, 4.69) is 7.06 Å². The zero-order valence-electron chi connectivity index (χ0n) is 3.52. The van der Waals surface area contributed by atoms with E-state index in [1.165, 1.54) is 0 Å². The monoisotopic (exact) mass is 132 g/mol. The molecule has 2 nitrogen and oxygen atoms in total. The van der Waals surface area contributed by atoms with Crippen LogP contribution in [0, 0.1) is 0 Å². The van der Waals surface area contributed by atoms with Crippen LogP contribution in [0.4, 0.5) is 0 Å². The summed E-state index contributed by atoms with van der Waals surface area (Å²) in [5, 5.41) is 0. The van der Waals surface area contributed by atoms with Crippen LogP contribution in [-0.2, 0) is 7.06 Å². The van der Waals surface area contributed by atoms with Gasteiger partial charge in [0.15, 0.2) is 0 Å². The van der Waals surface area contributed by atoms with Gasteiger partial charge in [0.1, 0.15) is 0 Å². The fraction of sp³-hybridized carbons (Fsp3) is 1.00. The molecule has 5 heavy (non-hydrogen) atoms. The second-order valence-electron chi connectivity index (χ2n) is 0.695. The predicted molar refractivity (Wildman–Crippen MR) is 21.2 cm³/mol. The molecule has 30 valence electrons. The Balaban J connectivity index is 2.19. The van der Waals surface area contributed by atoms with Crippen molar-refractivity contribution < 1.29 is 7.06 Å². The first-order chi connectivity index (χ1) is 2.41. The van der Waals surface area contributed by atoms with Gasteiger partial charge in [-0.25, -0.2) is 0 Å². The Hall–Kier alpha value is 0.556. The Morgan fingerprint density at radius 1 is 1.20 bits per heavy atom. The van der Waals surface area contributed by atoms with Gasteiger partial charge >= 0.3 is 39.4 Å². The normalized spacial score (nSPS) is 7.60. The third kappa shape index (κ3) is 4.56. The topological polar surface area (TPSA) is 18.5 Å². The van der Waals surface area contributed by atoms with Crippen LogP contribution in [0.3, 0.4) is 0 Å². The summed E-state index contributed by atoms with van der Waals surface area (Å²) >= 11 is -0.903. The molecule has 0 aromatic rings. The van der Waals surface area contributed by atoms with E-state index in [4.69, 9.17) is 0 Å². The van der Waals surface area contributed by atoms with Gasteiger partial charge in [-0.2, -0.15) is 0 Å². The molecule has 0 aliphatic heterocycles. The van der Waals surface area contributed by atoms with Crippen molar-refractivity contribution in [3.05, 3.63) is 0 Å². The zero-order valence-corrected chi connectivity index (χ0v) is 6.49. The maximum atomic E-state index is 4.66. The molecule has 0 aromatic heterocycles. The minimum absolute atomic E-state index is 0.903. The fourth-order valence-corrected chi connectivity index (χ4v) is 0.612. The van der Waals surface area contributed by atoms with E-state index < -0.39 is 18.1 Å². The first-order valence-electron chi connectivity index (χ1n) is 1.39. The minimum atomic E-state index is -0.903. The number of hydrogen-bond acceptors (Lipinski definition) is 2. The van der Waals surface area contributed by atoms with Gasteiger partial charge in [0.05, 0.1) is 0 Å². The Bertz CT molecular complexity index is 15.1. The zero-order chi connectivity index (χ0) is 4.12. The van der Waals surface area contributed by atoms with Crippen molar-refractivity contribution in [1.82, 2.24) is 0 Å². The van der Waals surface area contributed by atoms with Crippen molar-refractivity contribution in [2.24, 2.45) is 0 Å². The molecule has 0 heterocycles. The second kappa shape index (κ2) is 4.56. The average Bonchev–Trinajstić information content (AvgIpc) is 1.41. The van der Waals surface area contributed by atoms with Gasteiger partial charge < -0.3 is 0 Å². The SMILES string of the molecule is C[O][GaH][O]C. The van der Waals surface area contributed by atoms with E-state index in [0.29, 0.717) is 0 Å². The molecule has 0 atom stereocenters. The van der Waals surface area contributed by atoms with E-state index in [-0.39, 0.29) is 0 Å². The molecule has 0 radical (unpaired) electrons. The number of hydrogen-bond donors (Lipinski definition) is 0. The molecule has 0 aliphatic rings. The predicted octanol–water partition coefficient (Wildman–Crippen LogP) is -0.454. The quantitative estimate of drug-likeness (QED) is 0.474. The van der Waals surface area contributed by atoms with Gasteiger partial charge in [-0.15, -0.1) is 0 Å². The Labute approximate surface area is 40.1 Å². The second-order valence-corrected chi connectivity index (χ2v) is 3.61. The van der Waals surface area contributed by atoms with Gasteiger partial charge in [0.25, 0.3) is 0 Å². The molecule has 0 rings (SSSR count). The number of rotatable bonds is 2. The fourth-order valence-electron chi connectivity index (χ4n) is 0.118. The van der Waals surface area contributed by atoms with Gasteiger partial charge in [0, 0.05) is 0 Å². The first kappa shape index (κ1) is 5.56. The molecule has 3 heteroatoms.